The van der Waals surface area contributed by atoms with Crippen molar-refractivity contribution in [3.63, 3.8) is 0 Å². The molecule has 0 aromatic heterocycles. The van der Waals surface area contributed by atoms with Gasteiger partial charge in [-0.15, -0.1) is 11.8 Å². The number of thioether (sulfide) groups is 1. The summed E-state index contributed by atoms with van der Waals surface area (Å²) < 4.78 is 0. The summed E-state index contributed by atoms with van der Waals surface area (Å²) in [5.74, 6) is 0.413. The summed E-state index contributed by atoms with van der Waals surface area (Å²) >= 11 is 1.58. The number of anilines is 2. The number of para-hydroxylation sites is 1. The predicted molar refractivity (Wildman–Crippen MR) is 98.5 cm³/mol. The molecule has 4 nitrogen and oxygen atoms in total. The van der Waals surface area contributed by atoms with Gasteiger partial charge in [0.1, 0.15) is 0 Å². The Morgan fingerprint density at radius 2 is 1.83 bits per heavy atom. The minimum atomic E-state index is -0.188. The highest BCUT2D eigenvalue weighted by Crippen LogP contribution is 2.38. The molecule has 1 saturated carbocycles. The van der Waals surface area contributed by atoms with E-state index in [9.17, 15) is 9.59 Å². The lowest BCUT2D eigenvalue weighted by molar-refractivity contribution is -0.117. The van der Waals surface area contributed by atoms with Crippen LogP contribution in [0.2, 0.25) is 0 Å². The Morgan fingerprint density at radius 1 is 1.08 bits per heavy atom. The van der Waals surface area contributed by atoms with E-state index >= 15 is 0 Å². The van der Waals surface area contributed by atoms with Gasteiger partial charge in [0.15, 0.2) is 0 Å². The van der Waals surface area contributed by atoms with Gasteiger partial charge in [-0.25, -0.2) is 0 Å². The number of amides is 2. The van der Waals surface area contributed by atoms with Gasteiger partial charge in [0, 0.05) is 22.1 Å². The molecule has 2 atom stereocenters. The zero-order chi connectivity index (χ0) is 17.1. The topological polar surface area (TPSA) is 58.2 Å². The summed E-state index contributed by atoms with van der Waals surface area (Å²) in [6, 6.07) is 14.7. The van der Waals surface area contributed by atoms with Crippen LogP contribution in [0.5, 0.6) is 0 Å². The van der Waals surface area contributed by atoms with Gasteiger partial charge in [-0.3, -0.25) is 9.59 Å². The largest absolute Gasteiger partial charge is 0.326 e. The zero-order valence-corrected chi connectivity index (χ0v) is 14.5. The third-order valence-corrected chi connectivity index (χ3v) is 4.99. The van der Waals surface area contributed by atoms with Crippen molar-refractivity contribution in [3.8, 4) is 0 Å². The first-order chi connectivity index (χ1) is 11.6. The number of hydrogen-bond donors (Lipinski definition) is 2. The second kappa shape index (κ2) is 7.09. The van der Waals surface area contributed by atoms with Crippen LogP contribution < -0.4 is 10.6 Å². The molecule has 124 valence electrons. The SMILES string of the molecule is CSc1ccccc1NC(=O)c1cccc(NC(=O)C2CC2C)c1. The molecule has 2 unspecified atom stereocenters. The van der Waals surface area contributed by atoms with Crippen molar-refractivity contribution in [2.24, 2.45) is 11.8 Å². The molecule has 2 amide bonds. The lowest BCUT2D eigenvalue weighted by atomic mass is 10.1. The molecule has 0 aliphatic heterocycles. The highest BCUT2D eigenvalue weighted by Gasteiger charge is 2.39. The molecule has 1 aliphatic rings. The highest BCUT2D eigenvalue weighted by molar-refractivity contribution is 7.98. The Bertz CT molecular complexity index is 775. The van der Waals surface area contributed by atoms with Crippen LogP contribution in [0.15, 0.2) is 53.4 Å². The number of nitrogens with one attached hydrogen (secondary N) is 2. The van der Waals surface area contributed by atoms with Gasteiger partial charge in [-0.2, -0.15) is 0 Å². The van der Waals surface area contributed by atoms with E-state index in [0.29, 0.717) is 17.2 Å². The average molecular weight is 340 g/mol. The lowest BCUT2D eigenvalue weighted by Gasteiger charge is -2.10. The van der Waals surface area contributed by atoms with Crippen molar-refractivity contribution in [1.82, 2.24) is 0 Å². The molecule has 24 heavy (non-hydrogen) atoms. The van der Waals surface area contributed by atoms with Crippen molar-refractivity contribution in [1.29, 1.82) is 0 Å². The normalized spacial score (nSPS) is 18.8. The molecular weight excluding hydrogens is 320 g/mol. The van der Waals surface area contributed by atoms with Crippen LogP contribution in [0, 0.1) is 11.8 Å². The van der Waals surface area contributed by atoms with Crippen molar-refractivity contribution >= 4 is 35.0 Å². The van der Waals surface area contributed by atoms with E-state index in [4.69, 9.17) is 0 Å². The van der Waals surface area contributed by atoms with E-state index in [1.165, 1.54) is 0 Å². The number of rotatable bonds is 5. The van der Waals surface area contributed by atoms with Crippen LogP contribution in [0.25, 0.3) is 0 Å². The first-order valence-electron chi connectivity index (χ1n) is 7.94. The van der Waals surface area contributed by atoms with Crippen LogP contribution in [0.3, 0.4) is 0 Å². The minimum absolute atomic E-state index is 0.0350. The van der Waals surface area contributed by atoms with Gasteiger partial charge >= 0.3 is 0 Å². The van der Waals surface area contributed by atoms with E-state index in [1.54, 1.807) is 36.0 Å². The Balaban J connectivity index is 1.71. The molecule has 2 aromatic rings. The minimum Gasteiger partial charge on any atom is -0.326 e. The third kappa shape index (κ3) is 3.79. The zero-order valence-electron chi connectivity index (χ0n) is 13.7. The summed E-state index contributed by atoms with van der Waals surface area (Å²) in [6.45, 7) is 2.07. The Hall–Kier alpha value is -2.27. The number of hydrogen-bond acceptors (Lipinski definition) is 3. The quantitative estimate of drug-likeness (QED) is 0.800. The van der Waals surface area contributed by atoms with Gasteiger partial charge in [-0.05, 0) is 48.9 Å². The number of benzene rings is 2. The maximum absolute atomic E-state index is 12.5. The van der Waals surface area contributed by atoms with Crippen LogP contribution >= 0.6 is 11.8 Å². The molecule has 1 aliphatic carbocycles. The van der Waals surface area contributed by atoms with Crippen molar-refractivity contribution < 1.29 is 9.59 Å². The third-order valence-electron chi connectivity index (χ3n) is 4.19. The maximum atomic E-state index is 12.5. The summed E-state index contributed by atoms with van der Waals surface area (Å²) in [4.78, 5) is 25.5. The van der Waals surface area contributed by atoms with Gasteiger partial charge < -0.3 is 10.6 Å². The monoisotopic (exact) mass is 340 g/mol. The van der Waals surface area contributed by atoms with Gasteiger partial charge in [0.2, 0.25) is 5.91 Å². The molecule has 0 saturated heterocycles. The first-order valence-corrected chi connectivity index (χ1v) is 9.16. The summed E-state index contributed by atoms with van der Waals surface area (Å²) in [6.07, 6.45) is 2.91. The maximum Gasteiger partial charge on any atom is 0.255 e. The van der Waals surface area contributed by atoms with E-state index in [2.05, 4.69) is 17.6 Å². The lowest BCUT2D eigenvalue weighted by Crippen LogP contribution is -2.16. The molecule has 1 fully saturated rings. The number of carbonyl (C=O) groups is 2. The van der Waals surface area contributed by atoms with Crippen LogP contribution in [0.1, 0.15) is 23.7 Å². The van der Waals surface area contributed by atoms with E-state index in [1.807, 2.05) is 30.5 Å². The second-order valence-corrected chi connectivity index (χ2v) is 6.89. The summed E-state index contributed by atoms with van der Waals surface area (Å²) in [7, 11) is 0. The van der Waals surface area contributed by atoms with Crippen molar-refractivity contribution in [3.05, 3.63) is 54.1 Å². The van der Waals surface area contributed by atoms with E-state index < -0.39 is 0 Å². The van der Waals surface area contributed by atoms with Crippen molar-refractivity contribution in [2.75, 3.05) is 16.9 Å². The molecule has 2 N–H and O–H groups in total. The molecule has 2 aromatic carbocycles. The summed E-state index contributed by atoms with van der Waals surface area (Å²) in [5.41, 5.74) is 1.97. The van der Waals surface area contributed by atoms with E-state index in [0.717, 1.165) is 17.0 Å². The Morgan fingerprint density at radius 3 is 2.54 bits per heavy atom. The van der Waals surface area contributed by atoms with Crippen LogP contribution in [-0.4, -0.2) is 18.1 Å². The fourth-order valence-corrected chi connectivity index (χ4v) is 3.16. The molecular formula is C19H20N2O2S. The van der Waals surface area contributed by atoms with Gasteiger partial charge in [0.05, 0.1) is 5.69 Å². The van der Waals surface area contributed by atoms with Crippen LogP contribution in [-0.2, 0) is 4.79 Å². The second-order valence-electron chi connectivity index (χ2n) is 6.04. The fraction of sp³-hybridized carbons (Fsp3) is 0.263. The van der Waals surface area contributed by atoms with Crippen LogP contribution in [0.4, 0.5) is 11.4 Å². The van der Waals surface area contributed by atoms with Crippen molar-refractivity contribution in [2.45, 2.75) is 18.2 Å². The molecule has 0 spiro atoms. The molecule has 3 rings (SSSR count). The standard InChI is InChI=1S/C19H20N2O2S/c1-12-10-15(12)19(23)20-14-7-5-6-13(11-14)18(22)21-16-8-3-4-9-17(16)24-2/h3-9,11-12,15H,10H2,1-2H3,(H,20,23)(H,21,22). The highest BCUT2D eigenvalue weighted by atomic mass is 32.2. The molecule has 0 heterocycles. The average Bonchev–Trinajstić information content (AvgIpc) is 3.32. The van der Waals surface area contributed by atoms with E-state index in [-0.39, 0.29) is 17.7 Å². The Labute approximate surface area is 146 Å². The fourth-order valence-electron chi connectivity index (χ4n) is 2.60. The Kier molecular flexibility index (Phi) is 4.90. The molecule has 5 heteroatoms. The first kappa shape index (κ1) is 16.6. The smallest absolute Gasteiger partial charge is 0.255 e. The van der Waals surface area contributed by atoms with Gasteiger partial charge in [0.25, 0.3) is 5.91 Å². The summed E-state index contributed by atoms with van der Waals surface area (Å²) in [5, 5.41) is 5.82. The predicted octanol–water partition coefficient (Wildman–Crippen LogP) is 4.26. The van der Waals surface area contributed by atoms with Gasteiger partial charge in [-0.1, -0.05) is 25.1 Å². The molecule has 0 radical (unpaired) electrons. The number of carbonyl (C=O) groups excluding carboxylic acids is 2. The molecule has 0 bridgehead atoms.